The Morgan fingerprint density at radius 1 is 1.24 bits per heavy atom. The predicted molar refractivity (Wildman–Crippen MR) is 79.4 cm³/mol. The van der Waals surface area contributed by atoms with Crippen LogP contribution in [0.15, 0.2) is 0 Å². The van der Waals surface area contributed by atoms with Gasteiger partial charge in [-0.3, -0.25) is 9.69 Å². The van der Waals surface area contributed by atoms with Crippen LogP contribution in [0.4, 0.5) is 4.79 Å². The van der Waals surface area contributed by atoms with E-state index < -0.39 is 5.97 Å². The number of rotatable bonds is 7. The molecule has 0 saturated carbocycles. The quantitative estimate of drug-likeness (QED) is 0.743. The number of hydrogen-bond acceptors (Lipinski definition) is 4. The van der Waals surface area contributed by atoms with E-state index in [1.165, 1.54) is 0 Å². The number of hydrogen-bond donors (Lipinski definition) is 1. The number of urea groups is 1. The number of amides is 2. The molecule has 0 atom stereocenters. The normalized spacial score (nSPS) is 16.3. The highest BCUT2D eigenvalue weighted by atomic mass is 16.5. The first-order valence-electron chi connectivity index (χ1n) is 7.46. The highest BCUT2D eigenvalue weighted by molar-refractivity contribution is 5.74. The lowest BCUT2D eigenvalue weighted by Crippen LogP contribution is -2.52. The minimum atomic E-state index is -0.779. The fourth-order valence-electron chi connectivity index (χ4n) is 2.18. The number of carbonyl (C=O) groups excluding carboxylic acids is 1. The highest BCUT2D eigenvalue weighted by Gasteiger charge is 2.23. The summed E-state index contributed by atoms with van der Waals surface area (Å²) in [4.78, 5) is 28.3. The molecule has 7 heteroatoms. The van der Waals surface area contributed by atoms with Gasteiger partial charge in [-0.2, -0.15) is 0 Å². The van der Waals surface area contributed by atoms with Gasteiger partial charge in [0.25, 0.3) is 0 Å². The Kier molecular flexibility index (Phi) is 7.45. The zero-order valence-corrected chi connectivity index (χ0v) is 13.2. The first-order valence-corrected chi connectivity index (χ1v) is 7.46. The Balaban J connectivity index is 2.26. The molecule has 21 heavy (non-hydrogen) atoms. The second kappa shape index (κ2) is 8.84. The van der Waals surface area contributed by atoms with Crippen LogP contribution in [0.3, 0.4) is 0 Å². The fraction of sp³-hybridized carbons (Fsp3) is 0.857. The average Bonchev–Trinajstić information content (AvgIpc) is 2.44. The van der Waals surface area contributed by atoms with E-state index in [1.807, 2.05) is 18.7 Å². The van der Waals surface area contributed by atoms with Crippen LogP contribution in [0.5, 0.6) is 0 Å². The van der Waals surface area contributed by atoms with Crippen molar-refractivity contribution in [2.24, 2.45) is 0 Å². The summed E-state index contributed by atoms with van der Waals surface area (Å²) in [5.74, 6) is -0.779. The molecule has 2 amide bonds. The molecule has 1 saturated heterocycles. The number of likely N-dealkylation sites (N-methyl/N-ethyl adjacent to an activating group) is 1. The van der Waals surface area contributed by atoms with Crippen molar-refractivity contribution in [1.29, 1.82) is 0 Å². The van der Waals surface area contributed by atoms with Crippen LogP contribution >= 0.6 is 0 Å². The van der Waals surface area contributed by atoms with E-state index in [4.69, 9.17) is 9.84 Å². The summed E-state index contributed by atoms with van der Waals surface area (Å²) in [5.41, 5.74) is 0. The average molecular weight is 301 g/mol. The zero-order chi connectivity index (χ0) is 15.8. The zero-order valence-electron chi connectivity index (χ0n) is 13.2. The maximum atomic E-state index is 12.2. The lowest BCUT2D eigenvalue weighted by atomic mass is 10.3. The summed E-state index contributed by atoms with van der Waals surface area (Å²) in [6, 6.07) is 0.0141. The van der Waals surface area contributed by atoms with Crippen molar-refractivity contribution in [1.82, 2.24) is 14.7 Å². The van der Waals surface area contributed by atoms with Crippen molar-refractivity contribution in [3.05, 3.63) is 0 Å². The van der Waals surface area contributed by atoms with Gasteiger partial charge in [0.05, 0.1) is 19.1 Å². The molecule has 0 radical (unpaired) electrons. The maximum Gasteiger partial charge on any atom is 0.319 e. The molecule has 0 unspecified atom stereocenters. The number of carboxylic acid groups (broad SMARTS) is 1. The Hall–Kier alpha value is -1.34. The van der Waals surface area contributed by atoms with Gasteiger partial charge in [0, 0.05) is 46.3 Å². The third-order valence-electron chi connectivity index (χ3n) is 3.49. The van der Waals surface area contributed by atoms with Gasteiger partial charge in [-0.15, -0.1) is 0 Å². The summed E-state index contributed by atoms with van der Waals surface area (Å²) in [7, 11) is 1.78. The number of nitrogens with zero attached hydrogens (tertiary/aromatic N) is 3. The minimum absolute atomic E-state index is 0.0141. The van der Waals surface area contributed by atoms with E-state index in [0.29, 0.717) is 32.8 Å². The van der Waals surface area contributed by atoms with Gasteiger partial charge in [-0.25, -0.2) is 4.79 Å². The van der Waals surface area contributed by atoms with Gasteiger partial charge in [0.2, 0.25) is 0 Å². The summed E-state index contributed by atoms with van der Waals surface area (Å²) in [6.07, 6.45) is 0.326. The molecule has 0 aromatic rings. The van der Waals surface area contributed by atoms with Gasteiger partial charge in [-0.05, 0) is 13.8 Å². The Labute approximate surface area is 126 Å². The van der Waals surface area contributed by atoms with Crippen LogP contribution in [0.25, 0.3) is 0 Å². The Morgan fingerprint density at radius 2 is 1.86 bits per heavy atom. The molecule has 1 aliphatic rings. The first kappa shape index (κ1) is 17.7. The van der Waals surface area contributed by atoms with Crippen LogP contribution < -0.4 is 0 Å². The van der Waals surface area contributed by atoms with Crippen molar-refractivity contribution in [2.45, 2.75) is 26.4 Å². The lowest BCUT2D eigenvalue weighted by Gasteiger charge is -2.36. The number of aliphatic carboxylic acids is 1. The SMILES string of the molecule is CC(C)OCCN(C)C(=O)N1CCN(CCC(=O)O)CC1. The van der Waals surface area contributed by atoms with Crippen LogP contribution in [-0.2, 0) is 9.53 Å². The summed E-state index contributed by atoms with van der Waals surface area (Å²) < 4.78 is 5.45. The second-order valence-corrected chi connectivity index (χ2v) is 5.60. The first-order chi connectivity index (χ1) is 9.90. The van der Waals surface area contributed by atoms with Gasteiger partial charge in [0.15, 0.2) is 0 Å². The molecular weight excluding hydrogens is 274 g/mol. The highest BCUT2D eigenvalue weighted by Crippen LogP contribution is 2.05. The maximum absolute atomic E-state index is 12.2. The smallest absolute Gasteiger partial charge is 0.319 e. The minimum Gasteiger partial charge on any atom is -0.481 e. The summed E-state index contributed by atoms with van der Waals surface area (Å²) >= 11 is 0. The van der Waals surface area contributed by atoms with E-state index in [1.54, 1.807) is 11.9 Å². The van der Waals surface area contributed by atoms with E-state index in [-0.39, 0.29) is 18.6 Å². The standard InChI is InChI=1S/C14H27N3O4/c1-12(2)21-11-10-15(3)14(20)17-8-6-16(7-9-17)5-4-13(18)19/h12H,4-11H2,1-3H3,(H,18,19). The van der Waals surface area contributed by atoms with E-state index in [9.17, 15) is 9.59 Å². The molecule has 1 aliphatic heterocycles. The summed E-state index contributed by atoms with van der Waals surface area (Å²) in [5, 5.41) is 8.67. The van der Waals surface area contributed by atoms with Crippen LogP contribution in [0.2, 0.25) is 0 Å². The fourth-order valence-corrected chi connectivity index (χ4v) is 2.18. The third-order valence-corrected chi connectivity index (χ3v) is 3.49. The molecule has 122 valence electrons. The number of carbonyl (C=O) groups is 2. The molecule has 1 fully saturated rings. The van der Waals surface area contributed by atoms with Crippen LogP contribution in [-0.4, -0.2) is 90.8 Å². The number of piperazine rings is 1. The largest absolute Gasteiger partial charge is 0.481 e. The molecule has 0 aliphatic carbocycles. The van der Waals surface area contributed by atoms with E-state index in [2.05, 4.69) is 4.90 Å². The van der Waals surface area contributed by atoms with Crippen molar-refractivity contribution in [3.8, 4) is 0 Å². The lowest BCUT2D eigenvalue weighted by molar-refractivity contribution is -0.137. The molecular formula is C14H27N3O4. The molecule has 0 aromatic heterocycles. The molecule has 1 heterocycles. The number of carboxylic acids is 1. The molecule has 0 aromatic carbocycles. The van der Waals surface area contributed by atoms with Gasteiger partial charge >= 0.3 is 12.0 Å². The van der Waals surface area contributed by atoms with Gasteiger partial charge in [0.1, 0.15) is 0 Å². The molecule has 0 bridgehead atoms. The predicted octanol–water partition coefficient (Wildman–Crippen LogP) is 0.556. The van der Waals surface area contributed by atoms with Gasteiger partial charge < -0.3 is 19.6 Å². The van der Waals surface area contributed by atoms with Crippen LogP contribution in [0, 0.1) is 0 Å². The van der Waals surface area contributed by atoms with E-state index in [0.717, 1.165) is 13.1 Å². The third kappa shape index (κ3) is 6.77. The molecule has 0 spiro atoms. The van der Waals surface area contributed by atoms with Crippen molar-refractivity contribution >= 4 is 12.0 Å². The van der Waals surface area contributed by atoms with Crippen LogP contribution in [0.1, 0.15) is 20.3 Å². The molecule has 7 nitrogen and oxygen atoms in total. The Morgan fingerprint density at radius 3 is 2.38 bits per heavy atom. The number of ether oxygens (including phenoxy) is 1. The van der Waals surface area contributed by atoms with Crippen molar-refractivity contribution < 1.29 is 19.4 Å². The van der Waals surface area contributed by atoms with Gasteiger partial charge in [-0.1, -0.05) is 0 Å². The topological polar surface area (TPSA) is 73.3 Å². The van der Waals surface area contributed by atoms with Crippen molar-refractivity contribution in [2.75, 3.05) is 52.9 Å². The monoisotopic (exact) mass is 301 g/mol. The summed E-state index contributed by atoms with van der Waals surface area (Å²) in [6.45, 7) is 8.37. The van der Waals surface area contributed by atoms with E-state index >= 15 is 0 Å². The second-order valence-electron chi connectivity index (χ2n) is 5.60. The Bertz CT molecular complexity index is 341. The molecule has 1 rings (SSSR count). The van der Waals surface area contributed by atoms with Crippen molar-refractivity contribution in [3.63, 3.8) is 0 Å². The molecule has 1 N–H and O–H groups in total.